The van der Waals surface area contributed by atoms with Crippen LogP contribution in [-0.2, 0) is 9.53 Å². The van der Waals surface area contributed by atoms with Crippen molar-refractivity contribution in [3.8, 4) is 0 Å². The smallest absolute Gasteiger partial charge is 0.442 e. The van der Waals surface area contributed by atoms with E-state index in [4.69, 9.17) is 0 Å². The van der Waals surface area contributed by atoms with E-state index >= 15 is 0 Å². The van der Waals surface area contributed by atoms with E-state index in [-0.39, 0.29) is 11.3 Å². The molecule has 1 amide bonds. The zero-order valence-corrected chi connectivity index (χ0v) is 10.6. The summed E-state index contributed by atoms with van der Waals surface area (Å²) in [6.45, 7) is 0. The topological polar surface area (TPSA) is 55.4 Å². The minimum absolute atomic E-state index is 0.198. The van der Waals surface area contributed by atoms with E-state index < -0.39 is 34.9 Å². The van der Waals surface area contributed by atoms with Crippen LogP contribution in [0, 0.1) is 0 Å². The maximum Gasteiger partial charge on any atom is 0.442 e. The highest BCUT2D eigenvalue weighted by Crippen LogP contribution is 2.29. The van der Waals surface area contributed by atoms with Gasteiger partial charge in [-0.2, -0.15) is 13.2 Å². The molecule has 1 N–H and O–H groups in total. The predicted octanol–water partition coefficient (Wildman–Crippen LogP) is 2.66. The van der Waals surface area contributed by atoms with Gasteiger partial charge in [0, 0.05) is 5.69 Å². The van der Waals surface area contributed by atoms with Crippen LogP contribution < -0.4 is 5.32 Å². The maximum atomic E-state index is 11.9. The van der Waals surface area contributed by atoms with Crippen LogP contribution in [-0.4, -0.2) is 30.2 Å². The predicted molar refractivity (Wildman–Crippen MR) is 64.9 cm³/mol. The molecule has 1 aromatic rings. The molecule has 1 rings (SSSR count). The van der Waals surface area contributed by atoms with Crippen molar-refractivity contribution in [3.05, 3.63) is 29.8 Å². The number of ether oxygens (including phenoxy) is 1. The van der Waals surface area contributed by atoms with Gasteiger partial charge in [-0.15, -0.1) is 0 Å². The Balaban J connectivity index is 2.62. The van der Waals surface area contributed by atoms with Gasteiger partial charge in [0.2, 0.25) is 5.91 Å². The molecule has 8 heteroatoms. The number of halogens is 3. The number of benzene rings is 1. The Labute approximate surface area is 111 Å². The first-order valence-electron chi connectivity index (χ1n) is 5.01. The average Bonchev–Trinajstić information content (AvgIpc) is 2.35. The summed E-state index contributed by atoms with van der Waals surface area (Å²) in [7, 11) is 1.20. The fourth-order valence-corrected chi connectivity index (χ4v) is 1.55. The first-order chi connectivity index (χ1) is 8.81. The molecule has 19 heavy (non-hydrogen) atoms. The van der Waals surface area contributed by atoms with E-state index in [1.165, 1.54) is 31.4 Å². The fourth-order valence-electron chi connectivity index (χ4n) is 1.19. The van der Waals surface area contributed by atoms with Crippen molar-refractivity contribution < 1.29 is 27.5 Å². The SMILES string of the molecule is COC(=O)c1cccc(NC(=O)CSC(F)(F)F)c1. The van der Waals surface area contributed by atoms with Crippen molar-refractivity contribution in [1.29, 1.82) is 0 Å². The molecule has 0 unspecified atom stereocenters. The van der Waals surface area contributed by atoms with Gasteiger partial charge >= 0.3 is 11.5 Å². The molecule has 0 saturated carbocycles. The van der Waals surface area contributed by atoms with Gasteiger partial charge in [-0.3, -0.25) is 4.79 Å². The lowest BCUT2D eigenvalue weighted by Crippen LogP contribution is -2.17. The van der Waals surface area contributed by atoms with Crippen LogP contribution in [0.5, 0.6) is 0 Å². The second-order valence-electron chi connectivity index (χ2n) is 3.35. The summed E-state index contributed by atoms with van der Waals surface area (Å²) in [5.41, 5.74) is -4.02. The summed E-state index contributed by atoms with van der Waals surface area (Å²) in [4.78, 5) is 22.5. The van der Waals surface area contributed by atoms with Crippen molar-refractivity contribution >= 4 is 29.3 Å². The van der Waals surface area contributed by atoms with Gasteiger partial charge in [0.25, 0.3) is 0 Å². The van der Waals surface area contributed by atoms with E-state index in [0.29, 0.717) is 0 Å². The average molecular weight is 293 g/mol. The second-order valence-corrected chi connectivity index (χ2v) is 4.40. The molecule has 0 saturated heterocycles. The molecule has 0 aliphatic carbocycles. The zero-order chi connectivity index (χ0) is 14.5. The summed E-state index contributed by atoms with van der Waals surface area (Å²) >= 11 is -0.428. The van der Waals surface area contributed by atoms with E-state index in [1.54, 1.807) is 0 Å². The molecule has 0 radical (unpaired) electrons. The van der Waals surface area contributed by atoms with E-state index in [0.717, 1.165) is 0 Å². The van der Waals surface area contributed by atoms with Crippen LogP contribution in [0.1, 0.15) is 10.4 Å². The number of hydrogen-bond donors (Lipinski definition) is 1. The van der Waals surface area contributed by atoms with E-state index in [9.17, 15) is 22.8 Å². The minimum atomic E-state index is -4.45. The lowest BCUT2D eigenvalue weighted by Gasteiger charge is -2.08. The standard InChI is InChI=1S/C11H10F3NO3S/c1-18-10(17)7-3-2-4-8(5-7)15-9(16)6-19-11(12,13)14/h2-5H,6H2,1H3,(H,15,16). The number of esters is 1. The summed E-state index contributed by atoms with van der Waals surface area (Å²) in [6, 6.07) is 5.73. The van der Waals surface area contributed by atoms with Gasteiger partial charge in [0.1, 0.15) is 0 Å². The molecule has 0 aromatic heterocycles. The van der Waals surface area contributed by atoms with Crippen molar-refractivity contribution in [2.45, 2.75) is 5.51 Å². The second kappa shape index (κ2) is 6.46. The summed E-state index contributed by atoms with van der Waals surface area (Å²) in [5.74, 6) is -2.14. The first kappa shape index (κ1) is 15.4. The van der Waals surface area contributed by atoms with Crippen LogP contribution in [0.15, 0.2) is 24.3 Å². The lowest BCUT2D eigenvalue weighted by atomic mass is 10.2. The number of carbonyl (C=O) groups is 2. The van der Waals surface area contributed by atoms with Crippen molar-refractivity contribution in [2.24, 2.45) is 0 Å². The molecule has 0 aliphatic heterocycles. The number of thioether (sulfide) groups is 1. The van der Waals surface area contributed by atoms with Gasteiger partial charge in [-0.1, -0.05) is 6.07 Å². The number of amides is 1. The van der Waals surface area contributed by atoms with Crippen molar-refractivity contribution in [2.75, 3.05) is 18.2 Å². The van der Waals surface area contributed by atoms with Crippen LogP contribution in [0.3, 0.4) is 0 Å². The van der Waals surface area contributed by atoms with Crippen LogP contribution in [0.25, 0.3) is 0 Å². The van der Waals surface area contributed by atoms with Crippen LogP contribution in [0.2, 0.25) is 0 Å². The third-order valence-corrected chi connectivity index (χ3v) is 2.67. The Morgan fingerprint density at radius 1 is 1.37 bits per heavy atom. The molecular weight excluding hydrogens is 283 g/mol. The number of nitrogens with one attached hydrogen (secondary N) is 1. The highest BCUT2D eigenvalue weighted by Gasteiger charge is 2.29. The lowest BCUT2D eigenvalue weighted by molar-refractivity contribution is -0.114. The van der Waals surface area contributed by atoms with E-state index in [1.807, 2.05) is 0 Å². The number of rotatable bonds is 4. The normalized spacial score (nSPS) is 10.9. The Morgan fingerprint density at radius 3 is 2.63 bits per heavy atom. The van der Waals surface area contributed by atoms with E-state index in [2.05, 4.69) is 10.1 Å². The highest BCUT2D eigenvalue weighted by molar-refractivity contribution is 8.00. The van der Waals surface area contributed by atoms with Gasteiger partial charge in [-0.05, 0) is 30.0 Å². The monoisotopic (exact) mass is 293 g/mol. The van der Waals surface area contributed by atoms with Gasteiger partial charge in [0.05, 0.1) is 18.4 Å². The minimum Gasteiger partial charge on any atom is -0.465 e. The number of anilines is 1. The zero-order valence-electron chi connectivity index (χ0n) is 9.78. The first-order valence-corrected chi connectivity index (χ1v) is 5.99. The number of methoxy groups -OCH3 is 1. The summed E-state index contributed by atoms with van der Waals surface area (Å²) in [6.07, 6.45) is 0. The summed E-state index contributed by atoms with van der Waals surface area (Å²) in [5, 5.41) is 2.27. The molecule has 0 aliphatic rings. The van der Waals surface area contributed by atoms with Crippen LogP contribution in [0.4, 0.5) is 18.9 Å². The molecule has 0 spiro atoms. The van der Waals surface area contributed by atoms with Crippen molar-refractivity contribution in [3.63, 3.8) is 0 Å². The highest BCUT2D eigenvalue weighted by atomic mass is 32.2. The molecule has 0 atom stereocenters. The largest absolute Gasteiger partial charge is 0.465 e. The number of alkyl halides is 3. The molecule has 104 valence electrons. The quantitative estimate of drug-likeness (QED) is 0.867. The third-order valence-electron chi connectivity index (χ3n) is 1.93. The van der Waals surface area contributed by atoms with Crippen molar-refractivity contribution in [1.82, 2.24) is 0 Å². The van der Waals surface area contributed by atoms with Crippen LogP contribution >= 0.6 is 11.8 Å². The number of hydrogen-bond acceptors (Lipinski definition) is 4. The van der Waals surface area contributed by atoms with Gasteiger partial charge in [-0.25, -0.2) is 4.79 Å². The molecule has 0 heterocycles. The fraction of sp³-hybridized carbons (Fsp3) is 0.273. The van der Waals surface area contributed by atoms with Gasteiger partial charge in [0.15, 0.2) is 0 Å². The molecule has 0 bridgehead atoms. The molecule has 4 nitrogen and oxygen atoms in total. The molecule has 0 fully saturated rings. The number of carbonyl (C=O) groups excluding carboxylic acids is 2. The Hall–Kier alpha value is -1.70. The summed E-state index contributed by atoms with van der Waals surface area (Å²) < 4.78 is 40.2. The molecule has 1 aromatic carbocycles. The maximum absolute atomic E-state index is 11.9. The third kappa shape index (κ3) is 5.64. The Bertz CT molecular complexity index is 476. The van der Waals surface area contributed by atoms with Gasteiger partial charge < -0.3 is 10.1 Å². The Morgan fingerprint density at radius 2 is 2.05 bits per heavy atom. The Kier molecular flexibility index (Phi) is 5.22. The molecular formula is C11H10F3NO3S.